The highest BCUT2D eigenvalue weighted by Gasteiger charge is 2.20. The smallest absolute Gasteiger partial charge is 0.261 e. The van der Waals surface area contributed by atoms with Gasteiger partial charge in [-0.3, -0.25) is 4.79 Å². The molecule has 1 aliphatic carbocycles. The topological polar surface area (TPSA) is 47.6 Å². The van der Waals surface area contributed by atoms with Crippen LogP contribution in [0.25, 0.3) is 0 Å². The van der Waals surface area contributed by atoms with Crippen molar-refractivity contribution in [1.29, 1.82) is 0 Å². The second-order valence-corrected chi connectivity index (χ2v) is 7.32. The van der Waals surface area contributed by atoms with Crippen molar-refractivity contribution in [2.45, 2.75) is 26.2 Å². The van der Waals surface area contributed by atoms with Gasteiger partial charge in [0.25, 0.3) is 5.91 Å². The summed E-state index contributed by atoms with van der Waals surface area (Å²) in [6.07, 6.45) is 3.43. The zero-order valence-corrected chi connectivity index (χ0v) is 14.9. The minimum atomic E-state index is 0.000356. The third kappa shape index (κ3) is 4.09. The lowest BCUT2D eigenvalue weighted by atomic mass is 9.90. The lowest BCUT2D eigenvalue weighted by molar-refractivity contribution is 0.0951. The summed E-state index contributed by atoms with van der Waals surface area (Å²) >= 11 is 1.64. The fraction of sp³-hybridized carbons (Fsp3) is 0.421. The molecule has 0 saturated carbocycles. The number of amides is 1. The number of rotatable bonds is 6. The Kier molecular flexibility index (Phi) is 5.41. The van der Waals surface area contributed by atoms with Crippen LogP contribution in [0.5, 0.6) is 11.5 Å². The number of benzene rings is 1. The summed E-state index contributed by atoms with van der Waals surface area (Å²) in [7, 11) is 1.63. The fourth-order valence-corrected chi connectivity index (χ4v) is 4.03. The Morgan fingerprint density at radius 3 is 2.79 bits per heavy atom. The Hall–Kier alpha value is -2.01. The van der Waals surface area contributed by atoms with Crippen LogP contribution in [0.3, 0.4) is 0 Å². The van der Waals surface area contributed by atoms with Crippen LogP contribution < -0.4 is 14.8 Å². The van der Waals surface area contributed by atoms with Crippen molar-refractivity contribution in [1.82, 2.24) is 5.32 Å². The summed E-state index contributed by atoms with van der Waals surface area (Å²) in [5, 5.41) is 2.93. The average molecular weight is 345 g/mol. The number of nitrogens with one attached hydrogen (secondary N) is 1. The quantitative estimate of drug-likeness (QED) is 0.812. The summed E-state index contributed by atoms with van der Waals surface area (Å²) in [5.74, 6) is 2.29. The molecule has 1 N–H and O–H groups in total. The first-order chi connectivity index (χ1) is 11.7. The van der Waals surface area contributed by atoms with Gasteiger partial charge in [-0.2, -0.15) is 0 Å². The van der Waals surface area contributed by atoms with Gasteiger partial charge in [-0.15, -0.1) is 11.3 Å². The van der Waals surface area contributed by atoms with Crippen LogP contribution >= 0.6 is 11.3 Å². The van der Waals surface area contributed by atoms with Crippen molar-refractivity contribution in [2.75, 3.05) is 20.3 Å². The minimum absolute atomic E-state index is 0.000356. The molecular weight excluding hydrogens is 322 g/mol. The lowest BCUT2D eigenvalue weighted by Gasteiger charge is -2.16. The number of aryl methyl sites for hydroxylation is 1. The van der Waals surface area contributed by atoms with Crippen molar-refractivity contribution in [3.05, 3.63) is 45.6 Å². The molecule has 4 nitrogen and oxygen atoms in total. The molecule has 0 aliphatic heterocycles. The van der Waals surface area contributed by atoms with E-state index >= 15 is 0 Å². The summed E-state index contributed by atoms with van der Waals surface area (Å²) < 4.78 is 10.7. The molecule has 0 fully saturated rings. The van der Waals surface area contributed by atoms with Crippen molar-refractivity contribution in [3.8, 4) is 11.5 Å². The predicted octanol–water partition coefficient (Wildman–Crippen LogP) is 3.69. The predicted molar refractivity (Wildman–Crippen MR) is 96.3 cm³/mol. The van der Waals surface area contributed by atoms with Gasteiger partial charge in [-0.05, 0) is 61.1 Å². The Labute approximate surface area is 146 Å². The largest absolute Gasteiger partial charge is 0.497 e. The third-order valence-electron chi connectivity index (χ3n) is 4.27. The molecule has 0 spiro atoms. The van der Waals surface area contributed by atoms with Gasteiger partial charge in [0, 0.05) is 4.88 Å². The molecule has 2 aromatic rings. The first-order valence-electron chi connectivity index (χ1n) is 8.32. The van der Waals surface area contributed by atoms with E-state index in [9.17, 15) is 4.79 Å². The van der Waals surface area contributed by atoms with Gasteiger partial charge in [0.05, 0.1) is 18.5 Å². The zero-order valence-electron chi connectivity index (χ0n) is 14.1. The number of hydrogen-bond donors (Lipinski definition) is 1. The van der Waals surface area contributed by atoms with Gasteiger partial charge in [-0.25, -0.2) is 0 Å². The number of hydrogen-bond acceptors (Lipinski definition) is 4. The van der Waals surface area contributed by atoms with E-state index in [1.54, 1.807) is 18.4 Å². The highest BCUT2D eigenvalue weighted by atomic mass is 32.1. The molecule has 24 heavy (non-hydrogen) atoms. The summed E-state index contributed by atoms with van der Waals surface area (Å²) in [6.45, 7) is 3.21. The molecule has 1 amide bonds. The Morgan fingerprint density at radius 1 is 1.29 bits per heavy atom. The standard InChI is InChI=1S/C19H23NO3S/c1-13-3-8-17-14(11-13)12-18(24-17)19(21)20-9-10-23-16-6-4-15(22-2)5-7-16/h4-7,12-13H,3,8-11H2,1-2H3,(H,20,21). The average Bonchev–Trinajstić information content (AvgIpc) is 3.02. The van der Waals surface area contributed by atoms with Crippen molar-refractivity contribution in [3.63, 3.8) is 0 Å². The normalized spacial score (nSPS) is 16.3. The Morgan fingerprint density at radius 2 is 2.04 bits per heavy atom. The molecule has 1 aromatic carbocycles. The molecule has 0 radical (unpaired) electrons. The third-order valence-corrected chi connectivity index (χ3v) is 5.50. The number of carbonyl (C=O) groups is 1. The molecule has 1 unspecified atom stereocenters. The van der Waals surface area contributed by atoms with Crippen LogP contribution in [0.4, 0.5) is 0 Å². The van der Waals surface area contributed by atoms with E-state index in [0.29, 0.717) is 13.2 Å². The van der Waals surface area contributed by atoms with Crippen LogP contribution in [0.15, 0.2) is 30.3 Å². The van der Waals surface area contributed by atoms with Gasteiger partial charge >= 0.3 is 0 Å². The molecule has 1 heterocycles. The van der Waals surface area contributed by atoms with E-state index in [0.717, 1.165) is 35.1 Å². The van der Waals surface area contributed by atoms with E-state index in [2.05, 4.69) is 18.3 Å². The second-order valence-electron chi connectivity index (χ2n) is 6.19. The lowest BCUT2D eigenvalue weighted by Crippen LogP contribution is -2.27. The first kappa shape index (κ1) is 16.8. The highest BCUT2D eigenvalue weighted by molar-refractivity contribution is 7.14. The second kappa shape index (κ2) is 7.71. The summed E-state index contributed by atoms with van der Waals surface area (Å²) in [5.41, 5.74) is 1.36. The maximum Gasteiger partial charge on any atom is 0.261 e. The number of carbonyl (C=O) groups excluding carboxylic acids is 1. The van der Waals surface area contributed by atoms with Crippen LogP contribution in [-0.4, -0.2) is 26.2 Å². The molecule has 0 saturated heterocycles. The van der Waals surface area contributed by atoms with Crippen LogP contribution in [0.1, 0.15) is 33.5 Å². The van der Waals surface area contributed by atoms with Crippen LogP contribution in [0, 0.1) is 5.92 Å². The molecule has 1 aliphatic rings. The first-order valence-corrected chi connectivity index (χ1v) is 9.14. The monoisotopic (exact) mass is 345 g/mol. The van der Waals surface area contributed by atoms with Crippen LogP contribution in [0.2, 0.25) is 0 Å². The molecule has 5 heteroatoms. The van der Waals surface area contributed by atoms with Crippen molar-refractivity contribution < 1.29 is 14.3 Å². The van der Waals surface area contributed by atoms with E-state index in [-0.39, 0.29) is 5.91 Å². The van der Waals surface area contributed by atoms with Crippen molar-refractivity contribution in [2.24, 2.45) is 5.92 Å². The number of thiophene rings is 1. The number of fused-ring (bicyclic) bond motifs is 1. The maximum atomic E-state index is 12.3. The number of methoxy groups -OCH3 is 1. The van der Waals surface area contributed by atoms with Crippen molar-refractivity contribution >= 4 is 17.2 Å². The van der Waals surface area contributed by atoms with E-state index < -0.39 is 0 Å². The highest BCUT2D eigenvalue weighted by Crippen LogP contribution is 2.32. The molecule has 1 aromatic heterocycles. The van der Waals surface area contributed by atoms with E-state index in [1.165, 1.54) is 16.9 Å². The molecular formula is C19H23NO3S. The van der Waals surface area contributed by atoms with Gasteiger partial charge in [0.15, 0.2) is 0 Å². The molecule has 128 valence electrons. The summed E-state index contributed by atoms with van der Waals surface area (Å²) in [4.78, 5) is 14.5. The Balaban J connectivity index is 1.45. The van der Waals surface area contributed by atoms with Gasteiger partial charge in [0.2, 0.25) is 0 Å². The van der Waals surface area contributed by atoms with Gasteiger partial charge in [0.1, 0.15) is 18.1 Å². The Bertz CT molecular complexity index is 693. The number of ether oxygens (including phenoxy) is 2. The summed E-state index contributed by atoms with van der Waals surface area (Å²) in [6, 6.07) is 9.48. The van der Waals surface area contributed by atoms with E-state index in [4.69, 9.17) is 9.47 Å². The van der Waals surface area contributed by atoms with Gasteiger partial charge < -0.3 is 14.8 Å². The fourth-order valence-electron chi connectivity index (χ4n) is 2.91. The maximum absolute atomic E-state index is 12.3. The zero-order chi connectivity index (χ0) is 16.9. The van der Waals surface area contributed by atoms with E-state index in [1.807, 2.05) is 24.3 Å². The molecule has 1 atom stereocenters. The molecule has 3 rings (SSSR count). The molecule has 0 bridgehead atoms. The van der Waals surface area contributed by atoms with Crippen LogP contribution in [-0.2, 0) is 12.8 Å². The van der Waals surface area contributed by atoms with Gasteiger partial charge in [-0.1, -0.05) is 6.92 Å². The minimum Gasteiger partial charge on any atom is -0.497 e. The SMILES string of the molecule is COc1ccc(OCCNC(=O)c2cc3c(s2)CCC(C)C3)cc1.